The van der Waals surface area contributed by atoms with Gasteiger partial charge < -0.3 is 4.74 Å². The summed E-state index contributed by atoms with van der Waals surface area (Å²) in [4.78, 5) is 0. The largest absolute Gasteiger partial charge is 0.496 e. The fourth-order valence-corrected chi connectivity index (χ4v) is 1.56. The smallest absolute Gasteiger partial charge is 0.123 e. The molecule has 3 heteroatoms. The normalized spacial score (nSPS) is 10.0. The zero-order valence-electron chi connectivity index (χ0n) is 7.03. The molecule has 0 amide bonds. The first-order valence-electron chi connectivity index (χ1n) is 3.58. The van der Waals surface area contributed by atoms with Gasteiger partial charge in [-0.3, -0.25) is 0 Å². The third-order valence-electron chi connectivity index (χ3n) is 1.78. The highest BCUT2D eigenvalue weighted by atomic mass is 35.5. The minimum Gasteiger partial charge on any atom is -0.496 e. The summed E-state index contributed by atoms with van der Waals surface area (Å²) >= 11 is 11.7. The van der Waals surface area contributed by atoms with Crippen LogP contribution < -0.4 is 4.74 Å². The van der Waals surface area contributed by atoms with Crippen LogP contribution in [0.5, 0.6) is 5.75 Å². The van der Waals surface area contributed by atoms with Gasteiger partial charge in [-0.15, -0.1) is 11.6 Å². The second-order valence-electron chi connectivity index (χ2n) is 2.50. The lowest BCUT2D eigenvalue weighted by Gasteiger charge is -2.08. The Morgan fingerprint density at radius 1 is 1.42 bits per heavy atom. The number of halogens is 2. The molecule has 1 nitrogen and oxygen atoms in total. The molecule has 0 heterocycles. The Hall–Kier alpha value is -0.400. The third-order valence-corrected chi connectivity index (χ3v) is 2.59. The van der Waals surface area contributed by atoms with Crippen LogP contribution in [-0.4, -0.2) is 7.11 Å². The minimum absolute atomic E-state index is 0.434. The van der Waals surface area contributed by atoms with Crippen molar-refractivity contribution in [1.82, 2.24) is 0 Å². The molecule has 1 aromatic rings. The summed E-state index contributed by atoms with van der Waals surface area (Å²) in [5.41, 5.74) is 1.88. The van der Waals surface area contributed by atoms with E-state index in [2.05, 4.69) is 0 Å². The van der Waals surface area contributed by atoms with E-state index < -0.39 is 0 Å². The molecule has 0 N–H and O–H groups in total. The van der Waals surface area contributed by atoms with Crippen LogP contribution in [0.2, 0.25) is 5.02 Å². The van der Waals surface area contributed by atoms with Crippen LogP contribution in [0.15, 0.2) is 12.1 Å². The van der Waals surface area contributed by atoms with E-state index in [1.165, 1.54) is 0 Å². The Kier molecular flexibility index (Phi) is 3.24. The van der Waals surface area contributed by atoms with E-state index in [1.54, 1.807) is 7.11 Å². The quantitative estimate of drug-likeness (QED) is 0.672. The van der Waals surface area contributed by atoms with Gasteiger partial charge in [-0.25, -0.2) is 0 Å². The molecule has 0 aliphatic carbocycles. The number of alkyl halides is 1. The molecule has 0 saturated carbocycles. The molecule has 12 heavy (non-hydrogen) atoms. The van der Waals surface area contributed by atoms with E-state index in [-0.39, 0.29) is 0 Å². The third kappa shape index (κ3) is 1.67. The molecule has 0 saturated heterocycles. The lowest BCUT2D eigenvalue weighted by atomic mass is 10.1. The maximum absolute atomic E-state index is 6.01. The van der Waals surface area contributed by atoms with Crippen molar-refractivity contribution in [2.45, 2.75) is 12.8 Å². The van der Waals surface area contributed by atoms with Crippen molar-refractivity contribution in [2.75, 3.05) is 7.11 Å². The highest BCUT2D eigenvalue weighted by molar-refractivity contribution is 6.33. The van der Waals surface area contributed by atoms with Gasteiger partial charge in [0.15, 0.2) is 0 Å². The van der Waals surface area contributed by atoms with Crippen LogP contribution in [0.1, 0.15) is 11.1 Å². The van der Waals surface area contributed by atoms with E-state index in [1.807, 2.05) is 19.1 Å². The zero-order chi connectivity index (χ0) is 9.14. The average Bonchev–Trinajstić information content (AvgIpc) is 2.10. The Morgan fingerprint density at radius 3 is 2.58 bits per heavy atom. The SMILES string of the molecule is COc1ccc(CCl)c(Cl)c1C. The molecule has 0 radical (unpaired) electrons. The first kappa shape index (κ1) is 9.69. The van der Waals surface area contributed by atoms with Crippen LogP contribution >= 0.6 is 23.2 Å². The molecule has 0 bridgehead atoms. The van der Waals surface area contributed by atoms with Crippen LogP contribution in [0.25, 0.3) is 0 Å². The topological polar surface area (TPSA) is 9.23 Å². The van der Waals surface area contributed by atoms with Crippen molar-refractivity contribution in [3.8, 4) is 5.75 Å². The first-order valence-corrected chi connectivity index (χ1v) is 4.50. The number of hydrogen-bond acceptors (Lipinski definition) is 1. The van der Waals surface area contributed by atoms with Gasteiger partial charge in [0.1, 0.15) is 5.75 Å². The summed E-state index contributed by atoms with van der Waals surface area (Å²) in [5, 5.41) is 0.698. The first-order chi connectivity index (χ1) is 5.70. The van der Waals surface area contributed by atoms with Crippen LogP contribution in [0.3, 0.4) is 0 Å². The van der Waals surface area contributed by atoms with Crippen molar-refractivity contribution in [2.24, 2.45) is 0 Å². The van der Waals surface area contributed by atoms with Crippen molar-refractivity contribution < 1.29 is 4.74 Å². The second-order valence-corrected chi connectivity index (χ2v) is 3.14. The van der Waals surface area contributed by atoms with E-state index in [9.17, 15) is 0 Å². The summed E-state index contributed by atoms with van der Waals surface area (Å²) in [6.07, 6.45) is 0. The van der Waals surface area contributed by atoms with E-state index in [0.29, 0.717) is 10.9 Å². The van der Waals surface area contributed by atoms with Crippen molar-refractivity contribution in [1.29, 1.82) is 0 Å². The van der Waals surface area contributed by atoms with E-state index in [4.69, 9.17) is 27.9 Å². The van der Waals surface area contributed by atoms with Gasteiger partial charge in [0.2, 0.25) is 0 Å². The number of ether oxygens (including phenoxy) is 1. The maximum atomic E-state index is 6.01. The highest BCUT2D eigenvalue weighted by Gasteiger charge is 2.06. The highest BCUT2D eigenvalue weighted by Crippen LogP contribution is 2.29. The van der Waals surface area contributed by atoms with Gasteiger partial charge in [-0.1, -0.05) is 17.7 Å². The molecule has 0 aliphatic heterocycles. The number of rotatable bonds is 2. The molecule has 0 spiro atoms. The summed E-state index contributed by atoms with van der Waals surface area (Å²) in [6, 6.07) is 3.75. The standard InChI is InChI=1S/C9H10Cl2O/c1-6-8(12-2)4-3-7(5-10)9(6)11/h3-4H,5H2,1-2H3. The maximum Gasteiger partial charge on any atom is 0.123 e. The Morgan fingerprint density at radius 2 is 2.08 bits per heavy atom. The monoisotopic (exact) mass is 204 g/mol. The fraction of sp³-hybridized carbons (Fsp3) is 0.333. The van der Waals surface area contributed by atoms with Gasteiger partial charge in [-0.05, 0) is 18.6 Å². The summed E-state index contributed by atoms with van der Waals surface area (Å²) < 4.78 is 5.10. The van der Waals surface area contributed by atoms with Crippen LogP contribution in [0.4, 0.5) is 0 Å². The Labute approximate surface area is 82.2 Å². The number of hydrogen-bond donors (Lipinski definition) is 0. The Bertz CT molecular complexity index is 255. The summed E-state index contributed by atoms with van der Waals surface area (Å²) in [6.45, 7) is 1.91. The lowest BCUT2D eigenvalue weighted by Crippen LogP contribution is -1.90. The molecule has 1 aromatic carbocycles. The second kappa shape index (κ2) is 4.01. The summed E-state index contributed by atoms with van der Waals surface area (Å²) in [7, 11) is 1.62. The van der Waals surface area contributed by atoms with Crippen molar-refractivity contribution in [3.05, 3.63) is 28.3 Å². The predicted octanol–water partition coefficient (Wildman–Crippen LogP) is 3.40. The van der Waals surface area contributed by atoms with Gasteiger partial charge in [-0.2, -0.15) is 0 Å². The molecule has 0 unspecified atom stereocenters. The molecular weight excluding hydrogens is 195 g/mol. The summed E-state index contributed by atoms with van der Waals surface area (Å²) in [5.74, 6) is 1.23. The molecule has 1 rings (SSSR count). The molecule has 0 fully saturated rings. The number of benzene rings is 1. The average molecular weight is 205 g/mol. The fourth-order valence-electron chi connectivity index (χ4n) is 1.05. The van der Waals surface area contributed by atoms with Gasteiger partial charge in [0.25, 0.3) is 0 Å². The van der Waals surface area contributed by atoms with Gasteiger partial charge >= 0.3 is 0 Å². The zero-order valence-corrected chi connectivity index (χ0v) is 8.54. The van der Waals surface area contributed by atoms with Gasteiger partial charge in [0.05, 0.1) is 12.1 Å². The molecule has 66 valence electrons. The lowest BCUT2D eigenvalue weighted by molar-refractivity contribution is 0.411. The van der Waals surface area contributed by atoms with Crippen LogP contribution in [-0.2, 0) is 5.88 Å². The van der Waals surface area contributed by atoms with E-state index >= 15 is 0 Å². The minimum atomic E-state index is 0.434. The van der Waals surface area contributed by atoms with Crippen molar-refractivity contribution in [3.63, 3.8) is 0 Å². The van der Waals surface area contributed by atoms with E-state index in [0.717, 1.165) is 16.9 Å². The van der Waals surface area contributed by atoms with Crippen molar-refractivity contribution >= 4 is 23.2 Å². The number of methoxy groups -OCH3 is 1. The molecule has 0 aliphatic rings. The predicted molar refractivity (Wildman–Crippen MR) is 52.3 cm³/mol. The molecular formula is C9H10Cl2O. The van der Waals surface area contributed by atoms with Gasteiger partial charge in [0, 0.05) is 11.4 Å². The molecule has 0 aromatic heterocycles. The molecule has 0 atom stereocenters. The van der Waals surface area contributed by atoms with Crippen LogP contribution in [0, 0.1) is 6.92 Å². The Balaban J connectivity index is 3.20.